The first kappa shape index (κ1) is 54.1. The quantitative estimate of drug-likeness (QED) is 0.180. The van der Waals surface area contributed by atoms with Crippen LogP contribution in [0.1, 0.15) is 181 Å². The topological polar surface area (TPSA) is 57.4 Å². The van der Waals surface area contributed by atoms with Crippen molar-refractivity contribution in [2.45, 2.75) is 157 Å². The average molecular weight is 1030 g/mol. The maximum absolute atomic E-state index is 5.83. The summed E-state index contributed by atoms with van der Waals surface area (Å²) in [5.41, 5.74) is 25.8. The maximum atomic E-state index is 5.83. The number of nitrogens with zero attached hydrogens (tertiary/aromatic N) is 2. The number of aromatic amines is 2. The van der Waals surface area contributed by atoms with E-state index in [9.17, 15) is 0 Å². The van der Waals surface area contributed by atoms with Crippen molar-refractivity contribution >= 4 is 46.4 Å². The molecule has 4 heteroatoms. The van der Waals surface area contributed by atoms with Gasteiger partial charge in [-0.05, 0) is 148 Å². The van der Waals surface area contributed by atoms with Gasteiger partial charge >= 0.3 is 0 Å². The monoisotopic (exact) mass is 1030 g/mol. The van der Waals surface area contributed by atoms with Crippen LogP contribution in [-0.2, 0) is 32.5 Å². The van der Waals surface area contributed by atoms with Crippen LogP contribution in [0.25, 0.3) is 102 Å². The highest BCUT2D eigenvalue weighted by molar-refractivity contribution is 6.00. The number of benzene rings is 5. The van der Waals surface area contributed by atoms with Gasteiger partial charge in [-0.1, -0.05) is 234 Å². The molecule has 5 heterocycles. The number of fused-ring (bicyclic) bond motifs is 8. The minimum atomic E-state index is -0.0970. The summed E-state index contributed by atoms with van der Waals surface area (Å²) < 4.78 is 0. The van der Waals surface area contributed by atoms with Crippen molar-refractivity contribution in [3.8, 4) is 55.6 Å². The SMILES string of the molecule is CC(C)(C)c1cc(-c2c3nc(c(-c4cc(C(C)(C)C)cc(C(C)(C)C)c4)c4ccc([nH]4)c(-c4cc(C(C)(C)C)cc(C(C)(C)C)c4)c4nc(c(-c5ccc(-c6ccccc6)cc5)c5ccc2[nH]5)C=C4)C=C3)cc(C(C)(C)C)c1. The molecule has 0 amide bonds. The van der Waals surface area contributed by atoms with Gasteiger partial charge < -0.3 is 9.97 Å². The Morgan fingerprint density at radius 2 is 0.474 bits per heavy atom. The van der Waals surface area contributed by atoms with E-state index >= 15 is 0 Å². The number of nitrogens with one attached hydrogen (secondary N) is 2. The number of hydrogen-bond acceptors (Lipinski definition) is 2. The Morgan fingerprint density at radius 3 is 0.731 bits per heavy atom. The Labute approximate surface area is 466 Å². The van der Waals surface area contributed by atoms with E-state index in [-0.39, 0.29) is 32.5 Å². The van der Waals surface area contributed by atoms with E-state index < -0.39 is 0 Å². The largest absolute Gasteiger partial charge is 0.354 e. The predicted octanol–water partition coefficient (Wildman–Crippen LogP) is 20.8. The van der Waals surface area contributed by atoms with Crippen LogP contribution in [0.5, 0.6) is 0 Å². The molecule has 0 spiro atoms. The number of aromatic nitrogens is 4. The van der Waals surface area contributed by atoms with Crippen molar-refractivity contribution in [1.82, 2.24) is 19.9 Å². The molecule has 5 aromatic carbocycles. The van der Waals surface area contributed by atoms with E-state index in [1.165, 1.54) is 44.5 Å². The van der Waals surface area contributed by atoms with Crippen LogP contribution in [0.4, 0.5) is 0 Å². The lowest BCUT2D eigenvalue weighted by Gasteiger charge is -2.26. The molecule has 0 atom stereocenters. The van der Waals surface area contributed by atoms with Crippen LogP contribution < -0.4 is 0 Å². The highest BCUT2D eigenvalue weighted by Crippen LogP contribution is 2.44. The van der Waals surface area contributed by atoms with E-state index in [0.29, 0.717) is 0 Å². The standard InChI is InChI=1S/C74H82N4/c1-69(2,3)51-36-48(37-52(42-51)70(4,5)6)66-59-30-28-57(75-59)65(47-26-24-46(25-27-47)45-22-20-19-21-23-45)58-29-31-60(76-58)67(49-38-53(71(7,8)9)43-54(39-49)72(10,11)12)62-33-35-64(78-62)68(63-34-32-61(66)77-63)50-40-55(73(13,14)15)44-56(41-50)74(16,17)18/h19-44,75,78H,1-18H3. The zero-order chi connectivity index (χ0) is 56.1. The molecule has 8 bridgehead atoms. The van der Waals surface area contributed by atoms with Gasteiger partial charge in [0.25, 0.3) is 0 Å². The summed E-state index contributed by atoms with van der Waals surface area (Å²) in [6.07, 6.45) is 8.94. The molecule has 0 saturated heterocycles. The minimum absolute atomic E-state index is 0.0955. The summed E-state index contributed by atoms with van der Waals surface area (Å²) in [5.74, 6) is 0. The maximum Gasteiger partial charge on any atom is 0.0737 e. The van der Waals surface area contributed by atoms with E-state index in [1.807, 2.05) is 0 Å². The van der Waals surface area contributed by atoms with Gasteiger partial charge in [-0.15, -0.1) is 0 Å². The lowest BCUT2D eigenvalue weighted by atomic mass is 9.78. The second-order valence-corrected chi connectivity index (χ2v) is 28.3. The molecule has 0 radical (unpaired) electrons. The van der Waals surface area contributed by atoms with E-state index in [2.05, 4.69) is 292 Å². The lowest BCUT2D eigenvalue weighted by molar-refractivity contribution is 0.568. The molecule has 78 heavy (non-hydrogen) atoms. The summed E-state index contributed by atoms with van der Waals surface area (Å²) in [6, 6.07) is 50.3. The van der Waals surface area contributed by atoms with Crippen molar-refractivity contribution in [2.75, 3.05) is 0 Å². The Balaban J connectivity index is 1.41. The van der Waals surface area contributed by atoms with Crippen molar-refractivity contribution < 1.29 is 0 Å². The fourth-order valence-corrected chi connectivity index (χ4v) is 10.8. The number of hydrogen-bond donors (Lipinski definition) is 2. The Bertz CT molecular complexity index is 3690. The summed E-state index contributed by atoms with van der Waals surface area (Å²) in [6.45, 7) is 41.7. The third-order valence-electron chi connectivity index (χ3n) is 15.9. The van der Waals surface area contributed by atoms with Gasteiger partial charge in [0.05, 0.1) is 22.8 Å². The first-order chi connectivity index (χ1) is 36.4. The van der Waals surface area contributed by atoms with Gasteiger partial charge in [0.1, 0.15) is 0 Å². The highest BCUT2D eigenvalue weighted by Gasteiger charge is 2.28. The van der Waals surface area contributed by atoms with Crippen LogP contribution in [0.3, 0.4) is 0 Å². The molecule has 398 valence electrons. The molecule has 10 rings (SSSR count). The van der Waals surface area contributed by atoms with Gasteiger partial charge in [-0.2, -0.15) is 0 Å². The second kappa shape index (κ2) is 19.3. The first-order valence-electron chi connectivity index (χ1n) is 28.2. The predicted molar refractivity (Wildman–Crippen MR) is 338 cm³/mol. The van der Waals surface area contributed by atoms with Crippen molar-refractivity contribution in [1.29, 1.82) is 0 Å². The number of rotatable bonds is 5. The molecule has 4 nitrogen and oxygen atoms in total. The number of H-pyrrole nitrogens is 2. The summed E-state index contributed by atoms with van der Waals surface area (Å²) >= 11 is 0. The molecule has 2 aliphatic heterocycles. The molecule has 0 fully saturated rings. The normalized spacial score (nSPS) is 13.4. The zero-order valence-corrected chi connectivity index (χ0v) is 49.9. The van der Waals surface area contributed by atoms with Gasteiger partial charge in [-0.3, -0.25) is 0 Å². The first-order valence-corrected chi connectivity index (χ1v) is 28.2. The Morgan fingerprint density at radius 1 is 0.244 bits per heavy atom. The van der Waals surface area contributed by atoms with Gasteiger partial charge in [0.15, 0.2) is 0 Å². The smallest absolute Gasteiger partial charge is 0.0737 e. The minimum Gasteiger partial charge on any atom is -0.354 e. The third kappa shape index (κ3) is 10.8. The molecule has 2 aliphatic rings. The van der Waals surface area contributed by atoms with E-state index in [0.717, 1.165) is 89.4 Å². The molecular formula is C74H82N4. The molecule has 3 aromatic heterocycles. The summed E-state index contributed by atoms with van der Waals surface area (Å²) in [7, 11) is 0. The van der Waals surface area contributed by atoms with Crippen LogP contribution in [0.2, 0.25) is 0 Å². The molecule has 0 unspecified atom stereocenters. The van der Waals surface area contributed by atoms with E-state index in [1.54, 1.807) is 0 Å². The van der Waals surface area contributed by atoms with Gasteiger partial charge in [-0.25, -0.2) is 9.97 Å². The molecule has 0 saturated carbocycles. The van der Waals surface area contributed by atoms with Gasteiger partial charge in [0, 0.05) is 44.3 Å². The van der Waals surface area contributed by atoms with E-state index in [4.69, 9.17) is 9.97 Å². The third-order valence-corrected chi connectivity index (χ3v) is 15.9. The molecule has 8 aromatic rings. The lowest BCUT2D eigenvalue weighted by Crippen LogP contribution is -2.16. The average Bonchev–Trinajstić information content (AvgIpc) is 4.29. The summed E-state index contributed by atoms with van der Waals surface area (Å²) in [5, 5.41) is 0. The van der Waals surface area contributed by atoms with Crippen LogP contribution >= 0.6 is 0 Å². The Kier molecular flexibility index (Phi) is 13.3. The molecule has 0 aliphatic carbocycles. The van der Waals surface area contributed by atoms with Crippen molar-refractivity contribution in [2.24, 2.45) is 0 Å². The fourth-order valence-electron chi connectivity index (χ4n) is 10.8. The van der Waals surface area contributed by atoms with Crippen LogP contribution in [0.15, 0.2) is 133 Å². The van der Waals surface area contributed by atoms with Crippen molar-refractivity contribution in [3.63, 3.8) is 0 Å². The Hall–Kier alpha value is -7.30. The van der Waals surface area contributed by atoms with Crippen LogP contribution in [-0.4, -0.2) is 19.9 Å². The van der Waals surface area contributed by atoms with Gasteiger partial charge in [0.2, 0.25) is 0 Å². The second-order valence-electron chi connectivity index (χ2n) is 28.3. The zero-order valence-electron chi connectivity index (χ0n) is 49.9. The van der Waals surface area contributed by atoms with Crippen LogP contribution in [0, 0.1) is 0 Å². The summed E-state index contributed by atoms with van der Waals surface area (Å²) in [4.78, 5) is 19.8. The fraction of sp³-hybridized carbons (Fsp3) is 0.324. The highest BCUT2D eigenvalue weighted by atomic mass is 14.8. The molecule has 2 N–H and O–H groups in total. The van der Waals surface area contributed by atoms with Crippen molar-refractivity contribution in [3.05, 3.63) is 190 Å². The molecular weight excluding hydrogens is 945 g/mol.